The van der Waals surface area contributed by atoms with Crippen LogP contribution in [0.1, 0.15) is 21.5 Å². The molecular formula is C14H11ClFNO. The summed E-state index contributed by atoms with van der Waals surface area (Å²) in [5, 5.41) is 0.266. The van der Waals surface area contributed by atoms with Crippen molar-refractivity contribution in [1.82, 2.24) is 0 Å². The number of halogens is 2. The molecule has 92 valence electrons. The molecule has 2 nitrogen and oxygen atoms in total. The van der Waals surface area contributed by atoms with Crippen molar-refractivity contribution in [1.29, 1.82) is 0 Å². The van der Waals surface area contributed by atoms with E-state index in [1.165, 1.54) is 18.2 Å². The molecule has 0 heterocycles. The van der Waals surface area contributed by atoms with E-state index >= 15 is 0 Å². The Morgan fingerprint density at radius 1 is 1.22 bits per heavy atom. The van der Waals surface area contributed by atoms with Crippen molar-refractivity contribution in [2.24, 2.45) is 0 Å². The highest BCUT2D eigenvalue weighted by atomic mass is 35.5. The molecule has 0 saturated carbocycles. The molecule has 0 bridgehead atoms. The van der Waals surface area contributed by atoms with E-state index in [1.807, 2.05) is 0 Å². The summed E-state index contributed by atoms with van der Waals surface area (Å²) in [5.41, 5.74) is 7.32. The van der Waals surface area contributed by atoms with Crippen LogP contribution in [0.5, 0.6) is 0 Å². The Kier molecular flexibility index (Phi) is 3.34. The number of aryl methyl sites for hydroxylation is 1. The van der Waals surface area contributed by atoms with Crippen molar-refractivity contribution >= 4 is 23.1 Å². The second-order valence-corrected chi connectivity index (χ2v) is 4.49. The molecule has 2 aromatic rings. The molecule has 0 aromatic heterocycles. The summed E-state index contributed by atoms with van der Waals surface area (Å²) in [4.78, 5) is 12.2. The van der Waals surface area contributed by atoms with Gasteiger partial charge in [0.1, 0.15) is 5.82 Å². The van der Waals surface area contributed by atoms with Gasteiger partial charge in [0.15, 0.2) is 5.78 Å². The third kappa shape index (κ3) is 2.51. The molecule has 0 fully saturated rings. The van der Waals surface area contributed by atoms with Crippen molar-refractivity contribution in [2.75, 3.05) is 5.73 Å². The topological polar surface area (TPSA) is 43.1 Å². The summed E-state index contributed by atoms with van der Waals surface area (Å²) in [7, 11) is 0. The van der Waals surface area contributed by atoms with Gasteiger partial charge >= 0.3 is 0 Å². The summed E-state index contributed by atoms with van der Waals surface area (Å²) in [6, 6.07) is 8.81. The molecule has 18 heavy (non-hydrogen) atoms. The quantitative estimate of drug-likeness (QED) is 0.664. The fraction of sp³-hybridized carbons (Fsp3) is 0.0714. The summed E-state index contributed by atoms with van der Waals surface area (Å²) < 4.78 is 13.3. The van der Waals surface area contributed by atoms with Gasteiger partial charge in [-0.25, -0.2) is 4.39 Å². The zero-order chi connectivity index (χ0) is 13.3. The molecule has 0 aliphatic heterocycles. The second-order valence-electron chi connectivity index (χ2n) is 4.09. The zero-order valence-electron chi connectivity index (χ0n) is 9.71. The Morgan fingerprint density at radius 3 is 2.56 bits per heavy atom. The van der Waals surface area contributed by atoms with Crippen LogP contribution in [0, 0.1) is 12.7 Å². The molecule has 4 heteroatoms. The first-order chi connectivity index (χ1) is 8.47. The zero-order valence-corrected chi connectivity index (χ0v) is 10.5. The maximum absolute atomic E-state index is 13.3. The predicted octanol–water partition coefficient (Wildman–Crippen LogP) is 3.60. The molecular weight excluding hydrogens is 253 g/mol. The predicted molar refractivity (Wildman–Crippen MR) is 70.4 cm³/mol. The lowest BCUT2D eigenvalue weighted by Gasteiger charge is -2.06. The normalized spacial score (nSPS) is 10.4. The van der Waals surface area contributed by atoms with Gasteiger partial charge in [-0.2, -0.15) is 0 Å². The molecule has 0 unspecified atom stereocenters. The number of nitrogen functional groups attached to an aromatic ring is 1. The average molecular weight is 264 g/mol. The molecule has 0 aliphatic carbocycles. The minimum atomic E-state index is -0.440. The van der Waals surface area contributed by atoms with Gasteiger partial charge in [-0.05, 0) is 48.9 Å². The molecule has 0 aliphatic rings. The summed E-state index contributed by atoms with van der Waals surface area (Å²) >= 11 is 5.96. The Bertz CT molecular complexity index is 605. The number of hydrogen-bond acceptors (Lipinski definition) is 2. The number of anilines is 1. The maximum Gasteiger partial charge on any atom is 0.194 e. The third-order valence-corrected chi connectivity index (χ3v) is 2.85. The van der Waals surface area contributed by atoms with Crippen LogP contribution >= 0.6 is 11.6 Å². The molecule has 2 rings (SSSR count). The minimum absolute atomic E-state index is 0.266. The first-order valence-corrected chi connectivity index (χ1v) is 5.72. The van der Waals surface area contributed by atoms with E-state index in [-0.39, 0.29) is 16.4 Å². The van der Waals surface area contributed by atoms with Crippen LogP contribution in [0.15, 0.2) is 36.4 Å². The monoisotopic (exact) mass is 263 g/mol. The Hall–Kier alpha value is -1.87. The summed E-state index contributed by atoms with van der Waals surface area (Å²) in [6.45, 7) is 1.73. The first-order valence-electron chi connectivity index (χ1n) is 5.34. The lowest BCUT2D eigenvalue weighted by molar-refractivity contribution is 0.103. The number of rotatable bonds is 2. The smallest absolute Gasteiger partial charge is 0.194 e. The van der Waals surface area contributed by atoms with Gasteiger partial charge in [-0.3, -0.25) is 4.79 Å². The lowest BCUT2D eigenvalue weighted by atomic mass is 10.0. The van der Waals surface area contributed by atoms with Crippen molar-refractivity contribution in [3.8, 4) is 0 Å². The van der Waals surface area contributed by atoms with Crippen molar-refractivity contribution in [3.05, 3.63) is 63.9 Å². The maximum atomic E-state index is 13.3. The van der Waals surface area contributed by atoms with E-state index in [4.69, 9.17) is 17.3 Å². The van der Waals surface area contributed by atoms with Crippen molar-refractivity contribution in [3.63, 3.8) is 0 Å². The van der Waals surface area contributed by atoms with Crippen LogP contribution in [-0.4, -0.2) is 5.78 Å². The standard InChI is InChI=1S/C14H11ClFNO/c1-8-4-9(6-10(16)5-8)14(18)12-3-2-11(17)7-13(12)15/h2-7H,17H2,1H3. The number of nitrogens with two attached hydrogens (primary N) is 1. The van der Waals surface area contributed by atoms with E-state index in [2.05, 4.69) is 0 Å². The van der Waals surface area contributed by atoms with Crippen LogP contribution in [0.3, 0.4) is 0 Å². The van der Waals surface area contributed by atoms with E-state index < -0.39 is 5.82 Å². The number of ketones is 1. The van der Waals surface area contributed by atoms with Gasteiger partial charge < -0.3 is 5.73 Å². The third-order valence-electron chi connectivity index (χ3n) is 2.54. The van der Waals surface area contributed by atoms with Gasteiger partial charge in [0.05, 0.1) is 5.02 Å². The molecule has 2 N–H and O–H groups in total. The van der Waals surface area contributed by atoms with Crippen molar-refractivity contribution < 1.29 is 9.18 Å². The number of hydrogen-bond donors (Lipinski definition) is 1. The Balaban J connectivity index is 2.47. The van der Waals surface area contributed by atoms with Gasteiger partial charge in [0.2, 0.25) is 0 Å². The highest BCUT2D eigenvalue weighted by Gasteiger charge is 2.14. The SMILES string of the molecule is Cc1cc(F)cc(C(=O)c2ccc(N)cc2Cl)c1. The van der Waals surface area contributed by atoms with Gasteiger partial charge in [0, 0.05) is 16.8 Å². The van der Waals surface area contributed by atoms with E-state index in [0.717, 1.165) is 0 Å². The Morgan fingerprint density at radius 2 is 1.94 bits per heavy atom. The average Bonchev–Trinajstić information content (AvgIpc) is 2.26. The second kappa shape index (κ2) is 4.78. The van der Waals surface area contributed by atoms with Crippen LogP contribution in [-0.2, 0) is 0 Å². The van der Waals surface area contributed by atoms with Gasteiger partial charge in [-0.15, -0.1) is 0 Å². The number of carbonyl (C=O) groups excluding carboxylic acids is 1. The molecule has 0 spiro atoms. The highest BCUT2D eigenvalue weighted by Crippen LogP contribution is 2.23. The lowest BCUT2D eigenvalue weighted by Crippen LogP contribution is -2.03. The van der Waals surface area contributed by atoms with E-state index in [9.17, 15) is 9.18 Å². The molecule has 0 atom stereocenters. The van der Waals surface area contributed by atoms with Crippen LogP contribution in [0.2, 0.25) is 5.02 Å². The fourth-order valence-corrected chi connectivity index (χ4v) is 2.01. The van der Waals surface area contributed by atoms with Gasteiger partial charge in [-0.1, -0.05) is 11.6 Å². The van der Waals surface area contributed by atoms with Crippen molar-refractivity contribution in [2.45, 2.75) is 6.92 Å². The summed E-state index contributed by atoms with van der Waals surface area (Å²) in [5.74, 6) is -0.757. The molecule has 0 radical (unpaired) electrons. The highest BCUT2D eigenvalue weighted by molar-refractivity contribution is 6.35. The number of benzene rings is 2. The molecule has 0 saturated heterocycles. The van der Waals surface area contributed by atoms with E-state index in [0.29, 0.717) is 16.8 Å². The fourth-order valence-electron chi connectivity index (χ4n) is 1.74. The molecule has 0 amide bonds. The van der Waals surface area contributed by atoms with Crippen LogP contribution in [0.4, 0.5) is 10.1 Å². The van der Waals surface area contributed by atoms with E-state index in [1.54, 1.807) is 25.1 Å². The largest absolute Gasteiger partial charge is 0.399 e. The molecule has 2 aromatic carbocycles. The van der Waals surface area contributed by atoms with Gasteiger partial charge in [0.25, 0.3) is 0 Å². The van der Waals surface area contributed by atoms with Crippen LogP contribution < -0.4 is 5.73 Å². The van der Waals surface area contributed by atoms with Crippen LogP contribution in [0.25, 0.3) is 0 Å². The minimum Gasteiger partial charge on any atom is -0.399 e. The first kappa shape index (κ1) is 12.6. The summed E-state index contributed by atoms with van der Waals surface area (Å²) in [6.07, 6.45) is 0. The Labute approximate surface area is 109 Å². The number of carbonyl (C=O) groups is 1.